The zero-order valence-electron chi connectivity index (χ0n) is 20.7. The zero-order valence-corrected chi connectivity index (χ0v) is 20.7. The van der Waals surface area contributed by atoms with Crippen molar-refractivity contribution in [2.45, 2.75) is 85.5 Å². The highest BCUT2D eigenvalue weighted by molar-refractivity contribution is 6.09. The molecule has 2 aliphatic carbocycles. The van der Waals surface area contributed by atoms with Crippen LogP contribution in [0.3, 0.4) is 0 Å². The lowest BCUT2D eigenvalue weighted by Gasteiger charge is -2.39. The largest absolute Gasteiger partial charge is 0.512 e. The molecule has 1 aromatic rings. The number of unbranched alkanes of at least 4 members (excludes halogenated alkanes) is 2. The van der Waals surface area contributed by atoms with Crippen molar-refractivity contribution >= 4 is 17.3 Å². The van der Waals surface area contributed by atoms with Crippen molar-refractivity contribution in [3.63, 3.8) is 0 Å². The average Bonchev–Trinajstić information content (AvgIpc) is 2.68. The molecule has 1 saturated carbocycles. The first-order chi connectivity index (χ1) is 15.4. The number of ether oxygens (including phenoxy) is 1. The second-order valence-electron chi connectivity index (χ2n) is 11.3. The first kappa shape index (κ1) is 25.2. The van der Waals surface area contributed by atoms with E-state index in [0.717, 1.165) is 19.3 Å². The quantitative estimate of drug-likeness (QED) is 0.378. The van der Waals surface area contributed by atoms with E-state index in [1.54, 1.807) is 0 Å². The summed E-state index contributed by atoms with van der Waals surface area (Å²) in [7, 11) is 0. The Morgan fingerprint density at radius 3 is 2.03 bits per heavy atom. The number of carbonyl (C=O) groups is 3. The van der Waals surface area contributed by atoms with Gasteiger partial charge in [-0.3, -0.25) is 14.4 Å². The van der Waals surface area contributed by atoms with Crippen LogP contribution < -0.4 is 4.74 Å². The first-order valence-corrected chi connectivity index (χ1v) is 12.2. The topological polar surface area (TPSA) is 80.7 Å². The number of hydrogen-bond donors (Lipinski definition) is 1. The summed E-state index contributed by atoms with van der Waals surface area (Å²) >= 11 is 0. The monoisotopic (exact) mass is 454 g/mol. The summed E-state index contributed by atoms with van der Waals surface area (Å²) in [6.45, 7) is 10.5. The van der Waals surface area contributed by atoms with Crippen molar-refractivity contribution < 1.29 is 24.2 Å². The Morgan fingerprint density at radius 1 is 0.909 bits per heavy atom. The second-order valence-corrected chi connectivity index (χ2v) is 11.3. The molecule has 1 N–H and O–H groups in total. The molecule has 0 aliphatic heterocycles. The van der Waals surface area contributed by atoms with Gasteiger partial charge in [-0.1, -0.05) is 59.6 Å². The summed E-state index contributed by atoms with van der Waals surface area (Å²) in [6.07, 6.45) is 4.40. The number of ketones is 3. The van der Waals surface area contributed by atoms with E-state index >= 15 is 0 Å². The summed E-state index contributed by atoms with van der Waals surface area (Å²) in [4.78, 5) is 39.7. The van der Waals surface area contributed by atoms with Gasteiger partial charge in [-0.15, -0.1) is 0 Å². The normalized spacial score (nSPS) is 21.9. The van der Waals surface area contributed by atoms with Crippen LogP contribution in [0.15, 0.2) is 35.6 Å². The molecule has 0 aromatic heterocycles. The van der Waals surface area contributed by atoms with E-state index in [1.165, 1.54) is 0 Å². The molecule has 180 valence electrons. The molecule has 1 fully saturated rings. The molecule has 1 atom stereocenters. The van der Waals surface area contributed by atoms with Crippen LogP contribution in [0.2, 0.25) is 0 Å². The summed E-state index contributed by atoms with van der Waals surface area (Å²) in [5.41, 5.74) is 0.184. The van der Waals surface area contributed by atoms with Gasteiger partial charge >= 0.3 is 0 Å². The Kier molecular flexibility index (Phi) is 7.50. The molecule has 0 radical (unpaired) electrons. The van der Waals surface area contributed by atoms with Crippen LogP contribution in [0.25, 0.3) is 0 Å². The van der Waals surface area contributed by atoms with Crippen LogP contribution in [-0.4, -0.2) is 29.1 Å². The molecule has 2 aliphatic rings. The number of rotatable bonds is 8. The van der Waals surface area contributed by atoms with Gasteiger partial charge in [-0.25, -0.2) is 0 Å². The predicted octanol–water partition coefficient (Wildman–Crippen LogP) is 6.11. The second kappa shape index (κ2) is 9.82. The number of aliphatic hydroxyl groups excluding tert-OH is 1. The highest BCUT2D eigenvalue weighted by atomic mass is 16.5. The maximum atomic E-state index is 13.2. The van der Waals surface area contributed by atoms with Gasteiger partial charge in [0.1, 0.15) is 23.1 Å². The average molecular weight is 455 g/mol. The van der Waals surface area contributed by atoms with Gasteiger partial charge in [0, 0.05) is 37.2 Å². The van der Waals surface area contributed by atoms with Crippen molar-refractivity contribution in [3.05, 3.63) is 41.2 Å². The molecule has 33 heavy (non-hydrogen) atoms. The highest BCUT2D eigenvalue weighted by Gasteiger charge is 2.48. The Balaban J connectivity index is 1.99. The first-order valence-electron chi connectivity index (χ1n) is 12.2. The maximum Gasteiger partial charge on any atom is 0.163 e. The van der Waals surface area contributed by atoms with E-state index in [1.807, 2.05) is 52.0 Å². The van der Waals surface area contributed by atoms with Gasteiger partial charge < -0.3 is 9.84 Å². The molecule has 0 saturated heterocycles. The fourth-order valence-corrected chi connectivity index (χ4v) is 5.27. The number of carbonyl (C=O) groups excluding carboxylic acids is 3. The van der Waals surface area contributed by atoms with Crippen LogP contribution in [-0.2, 0) is 14.4 Å². The predicted molar refractivity (Wildman–Crippen MR) is 128 cm³/mol. The molecule has 3 rings (SSSR count). The van der Waals surface area contributed by atoms with Crippen LogP contribution in [0.4, 0.5) is 0 Å². The third-order valence-corrected chi connectivity index (χ3v) is 6.80. The van der Waals surface area contributed by atoms with Gasteiger partial charge in [-0.2, -0.15) is 0 Å². The Bertz CT molecular complexity index is 916. The number of aliphatic hydroxyl groups is 1. The fourth-order valence-electron chi connectivity index (χ4n) is 5.27. The minimum Gasteiger partial charge on any atom is -0.512 e. The van der Waals surface area contributed by atoms with E-state index < -0.39 is 11.8 Å². The van der Waals surface area contributed by atoms with Gasteiger partial charge in [0.25, 0.3) is 0 Å². The standard InChI is InChI=1S/C28H38O5/c1-6-7-8-13-33-19-11-9-18(10-12-19)24(25-20(29)14-27(2,3)15-21(25)30)26-22(31)16-28(4,5)17-23(26)32/h9-12,24-25,31H,6-8,13-17H2,1-5H3/t24-/m0/s1. The molecule has 0 heterocycles. The van der Waals surface area contributed by atoms with Gasteiger partial charge in [0.05, 0.1) is 12.5 Å². The van der Waals surface area contributed by atoms with E-state index in [4.69, 9.17) is 4.74 Å². The van der Waals surface area contributed by atoms with Crippen LogP contribution in [0.1, 0.15) is 91.0 Å². The zero-order chi connectivity index (χ0) is 24.4. The smallest absolute Gasteiger partial charge is 0.163 e. The number of benzene rings is 1. The van der Waals surface area contributed by atoms with Gasteiger partial charge in [-0.05, 0) is 34.9 Å². The number of allylic oxidation sites excluding steroid dienone is 2. The summed E-state index contributed by atoms with van der Waals surface area (Å²) in [5.74, 6) is -1.48. The van der Waals surface area contributed by atoms with E-state index in [0.29, 0.717) is 24.3 Å². The van der Waals surface area contributed by atoms with Crippen LogP contribution in [0, 0.1) is 16.7 Å². The molecule has 0 bridgehead atoms. The SMILES string of the molecule is CCCCCOc1ccc([C@H](C2=C(O)CC(C)(C)CC2=O)C2C(=O)CC(C)(C)CC2=O)cc1. The van der Waals surface area contributed by atoms with Crippen LogP contribution in [0.5, 0.6) is 5.75 Å². The highest BCUT2D eigenvalue weighted by Crippen LogP contribution is 2.47. The molecular weight excluding hydrogens is 416 g/mol. The van der Waals surface area contributed by atoms with E-state index in [2.05, 4.69) is 6.92 Å². The molecule has 0 amide bonds. The maximum absolute atomic E-state index is 13.2. The molecule has 0 unspecified atom stereocenters. The lowest BCUT2D eigenvalue weighted by atomic mass is 9.62. The Morgan fingerprint density at radius 2 is 1.48 bits per heavy atom. The van der Waals surface area contributed by atoms with Crippen LogP contribution >= 0.6 is 0 Å². The van der Waals surface area contributed by atoms with Crippen molar-refractivity contribution in [2.24, 2.45) is 16.7 Å². The van der Waals surface area contributed by atoms with E-state index in [-0.39, 0.29) is 58.8 Å². The fraction of sp³-hybridized carbons (Fsp3) is 0.607. The third-order valence-electron chi connectivity index (χ3n) is 6.80. The minimum absolute atomic E-state index is 0.00609. The Hall–Kier alpha value is -2.43. The van der Waals surface area contributed by atoms with E-state index in [9.17, 15) is 19.5 Å². The molecular formula is C28H38O5. The molecule has 0 spiro atoms. The number of Topliss-reactive ketones (excluding diaryl/α,β-unsaturated/α-hetero) is 3. The van der Waals surface area contributed by atoms with Gasteiger partial charge in [0.15, 0.2) is 5.78 Å². The van der Waals surface area contributed by atoms with Crippen molar-refractivity contribution in [1.82, 2.24) is 0 Å². The number of hydrogen-bond acceptors (Lipinski definition) is 5. The van der Waals surface area contributed by atoms with Crippen molar-refractivity contribution in [3.8, 4) is 5.75 Å². The summed E-state index contributed by atoms with van der Waals surface area (Å²) < 4.78 is 5.81. The molecule has 5 nitrogen and oxygen atoms in total. The third kappa shape index (κ3) is 5.93. The summed E-state index contributed by atoms with van der Waals surface area (Å²) in [6, 6.07) is 7.30. The molecule has 1 aromatic carbocycles. The Labute approximate surface area is 197 Å². The van der Waals surface area contributed by atoms with Crippen molar-refractivity contribution in [1.29, 1.82) is 0 Å². The lowest BCUT2D eigenvalue weighted by Crippen LogP contribution is -2.43. The summed E-state index contributed by atoms with van der Waals surface area (Å²) in [5, 5.41) is 10.9. The van der Waals surface area contributed by atoms with Gasteiger partial charge in [0.2, 0.25) is 0 Å². The van der Waals surface area contributed by atoms with Crippen molar-refractivity contribution in [2.75, 3.05) is 6.61 Å². The lowest BCUT2D eigenvalue weighted by molar-refractivity contribution is -0.140. The minimum atomic E-state index is -0.948. The molecule has 5 heteroatoms.